The van der Waals surface area contributed by atoms with Gasteiger partial charge in [-0.05, 0) is 24.6 Å². The molecule has 0 aliphatic carbocycles. The maximum Gasteiger partial charge on any atom is 0.254 e. The Labute approximate surface area is 132 Å². The second-order valence-electron chi connectivity index (χ2n) is 5.16. The Kier molecular flexibility index (Phi) is 4.99. The number of thioether (sulfide) groups is 1. The van der Waals surface area contributed by atoms with Crippen LogP contribution in [0.25, 0.3) is 0 Å². The van der Waals surface area contributed by atoms with Gasteiger partial charge >= 0.3 is 0 Å². The van der Waals surface area contributed by atoms with Gasteiger partial charge < -0.3 is 4.98 Å². The Morgan fingerprint density at radius 1 is 1.32 bits per heavy atom. The zero-order valence-corrected chi connectivity index (χ0v) is 13.4. The van der Waals surface area contributed by atoms with Crippen LogP contribution in [0, 0.1) is 24.1 Å². The van der Waals surface area contributed by atoms with E-state index in [1.54, 1.807) is 19.1 Å². The number of aromatic amines is 1. The molecule has 1 atom stereocenters. The van der Waals surface area contributed by atoms with Crippen molar-refractivity contribution in [2.45, 2.75) is 37.1 Å². The molecule has 0 bridgehead atoms. The fourth-order valence-corrected chi connectivity index (χ4v) is 2.79. The number of nitriles is 1. The summed E-state index contributed by atoms with van der Waals surface area (Å²) in [5, 5.41) is 10.2. The zero-order chi connectivity index (χ0) is 16.3. The SMILES string of the molecule is Cc1c(C(C#N)c2ccc(F)cc2)nc(SC(C)C)[nH]c1=O. The number of halogens is 1. The highest BCUT2D eigenvalue weighted by Gasteiger charge is 2.20. The average Bonchev–Trinajstić information content (AvgIpc) is 2.46. The van der Waals surface area contributed by atoms with Gasteiger partial charge in [0.1, 0.15) is 11.7 Å². The Balaban J connectivity index is 2.53. The first-order valence-electron chi connectivity index (χ1n) is 6.85. The molecule has 2 rings (SSSR count). The smallest absolute Gasteiger partial charge is 0.254 e. The fraction of sp³-hybridized carbons (Fsp3) is 0.312. The van der Waals surface area contributed by atoms with E-state index in [0.29, 0.717) is 22.0 Å². The van der Waals surface area contributed by atoms with Crippen LogP contribution in [0.3, 0.4) is 0 Å². The zero-order valence-electron chi connectivity index (χ0n) is 12.6. The number of rotatable bonds is 4. The second kappa shape index (κ2) is 6.75. The number of nitrogens with zero attached hydrogens (tertiary/aromatic N) is 2. The molecule has 1 heterocycles. The van der Waals surface area contributed by atoms with Crippen LogP contribution in [0.5, 0.6) is 0 Å². The maximum atomic E-state index is 13.1. The molecule has 6 heteroatoms. The van der Waals surface area contributed by atoms with Gasteiger partial charge in [-0.2, -0.15) is 5.26 Å². The molecule has 0 aliphatic rings. The van der Waals surface area contributed by atoms with E-state index < -0.39 is 5.92 Å². The van der Waals surface area contributed by atoms with Crippen LogP contribution in [-0.4, -0.2) is 15.2 Å². The van der Waals surface area contributed by atoms with Gasteiger partial charge in [0, 0.05) is 10.8 Å². The van der Waals surface area contributed by atoms with E-state index in [1.807, 2.05) is 13.8 Å². The van der Waals surface area contributed by atoms with E-state index in [9.17, 15) is 14.4 Å². The summed E-state index contributed by atoms with van der Waals surface area (Å²) in [6.45, 7) is 5.62. The molecule has 0 saturated heterocycles. The molecule has 0 aliphatic heterocycles. The molecule has 2 aromatic rings. The highest BCUT2D eigenvalue weighted by Crippen LogP contribution is 2.26. The summed E-state index contributed by atoms with van der Waals surface area (Å²) in [7, 11) is 0. The van der Waals surface area contributed by atoms with Crippen LogP contribution in [0.15, 0.2) is 34.2 Å². The first kappa shape index (κ1) is 16.2. The minimum Gasteiger partial charge on any atom is -0.301 e. The molecular formula is C16H16FN3OS. The van der Waals surface area contributed by atoms with Crippen LogP contribution in [0.4, 0.5) is 4.39 Å². The third-order valence-electron chi connectivity index (χ3n) is 3.12. The molecule has 0 spiro atoms. The molecule has 4 nitrogen and oxygen atoms in total. The molecule has 22 heavy (non-hydrogen) atoms. The van der Waals surface area contributed by atoms with Crippen molar-refractivity contribution in [3.05, 3.63) is 57.3 Å². The first-order valence-corrected chi connectivity index (χ1v) is 7.73. The number of aromatic nitrogens is 2. The van der Waals surface area contributed by atoms with Gasteiger partial charge in [-0.1, -0.05) is 37.7 Å². The third kappa shape index (κ3) is 3.55. The number of hydrogen-bond acceptors (Lipinski definition) is 4. The summed E-state index contributed by atoms with van der Waals surface area (Å²) < 4.78 is 13.1. The summed E-state index contributed by atoms with van der Waals surface area (Å²) in [6, 6.07) is 7.84. The highest BCUT2D eigenvalue weighted by molar-refractivity contribution is 7.99. The highest BCUT2D eigenvalue weighted by atomic mass is 32.2. The number of H-pyrrole nitrogens is 1. The molecule has 0 fully saturated rings. The van der Waals surface area contributed by atoms with Crippen LogP contribution in [0.1, 0.15) is 36.6 Å². The lowest BCUT2D eigenvalue weighted by atomic mass is 9.94. The molecule has 1 aromatic heterocycles. The van der Waals surface area contributed by atoms with Gasteiger partial charge in [-0.3, -0.25) is 4.79 Å². The number of hydrogen-bond donors (Lipinski definition) is 1. The second-order valence-corrected chi connectivity index (χ2v) is 6.73. The van der Waals surface area contributed by atoms with Crippen molar-refractivity contribution in [2.75, 3.05) is 0 Å². The summed E-state index contributed by atoms with van der Waals surface area (Å²) in [5.74, 6) is -1.07. The van der Waals surface area contributed by atoms with Crippen LogP contribution >= 0.6 is 11.8 Å². The van der Waals surface area contributed by atoms with Crippen molar-refractivity contribution in [2.24, 2.45) is 0 Å². The summed E-state index contributed by atoms with van der Waals surface area (Å²) in [4.78, 5) is 19.2. The summed E-state index contributed by atoms with van der Waals surface area (Å²) in [6.07, 6.45) is 0. The third-order valence-corrected chi connectivity index (χ3v) is 4.01. The summed E-state index contributed by atoms with van der Waals surface area (Å²) in [5.41, 5.74) is 1.19. The van der Waals surface area contributed by atoms with Gasteiger partial charge in [0.15, 0.2) is 5.16 Å². The molecule has 114 valence electrons. The normalized spacial score (nSPS) is 12.2. The van der Waals surface area contributed by atoms with Gasteiger partial charge in [-0.15, -0.1) is 0 Å². The van der Waals surface area contributed by atoms with Crippen LogP contribution in [-0.2, 0) is 0 Å². The van der Waals surface area contributed by atoms with Gasteiger partial charge in [0.2, 0.25) is 0 Å². The van der Waals surface area contributed by atoms with Crippen molar-refractivity contribution in [3.8, 4) is 6.07 Å². The topological polar surface area (TPSA) is 69.5 Å². The predicted octanol–water partition coefficient (Wildman–Crippen LogP) is 3.37. The van der Waals surface area contributed by atoms with E-state index in [2.05, 4.69) is 16.0 Å². The van der Waals surface area contributed by atoms with Gasteiger partial charge in [0.25, 0.3) is 5.56 Å². The average molecular weight is 317 g/mol. The lowest BCUT2D eigenvalue weighted by Gasteiger charge is -2.13. The van der Waals surface area contributed by atoms with Crippen LogP contribution in [0.2, 0.25) is 0 Å². The largest absolute Gasteiger partial charge is 0.301 e. The lowest BCUT2D eigenvalue weighted by Crippen LogP contribution is -2.18. The summed E-state index contributed by atoms with van der Waals surface area (Å²) >= 11 is 1.42. The van der Waals surface area contributed by atoms with Crippen molar-refractivity contribution in [3.63, 3.8) is 0 Å². The number of benzene rings is 1. The molecule has 1 N–H and O–H groups in total. The van der Waals surface area contributed by atoms with E-state index >= 15 is 0 Å². The van der Waals surface area contributed by atoms with E-state index in [-0.39, 0.29) is 16.6 Å². The molecular weight excluding hydrogens is 301 g/mol. The predicted molar refractivity (Wildman–Crippen MR) is 84.4 cm³/mol. The molecule has 0 saturated carbocycles. The van der Waals surface area contributed by atoms with Crippen molar-refractivity contribution >= 4 is 11.8 Å². The monoisotopic (exact) mass is 317 g/mol. The Hall–Kier alpha value is -2.13. The Morgan fingerprint density at radius 2 is 1.95 bits per heavy atom. The Bertz CT molecular complexity index is 762. The quantitative estimate of drug-likeness (QED) is 0.693. The lowest BCUT2D eigenvalue weighted by molar-refractivity contribution is 0.626. The van der Waals surface area contributed by atoms with E-state index in [0.717, 1.165) is 0 Å². The fourth-order valence-electron chi connectivity index (χ4n) is 2.04. The van der Waals surface area contributed by atoms with Gasteiger partial charge in [-0.25, -0.2) is 9.37 Å². The van der Waals surface area contributed by atoms with E-state index in [4.69, 9.17) is 0 Å². The van der Waals surface area contributed by atoms with E-state index in [1.165, 1.54) is 23.9 Å². The van der Waals surface area contributed by atoms with Crippen molar-refractivity contribution < 1.29 is 4.39 Å². The first-order chi connectivity index (χ1) is 10.4. The maximum absolute atomic E-state index is 13.1. The minimum atomic E-state index is -0.700. The van der Waals surface area contributed by atoms with Crippen molar-refractivity contribution in [1.29, 1.82) is 5.26 Å². The molecule has 1 unspecified atom stereocenters. The number of nitrogens with one attached hydrogen (secondary N) is 1. The molecule has 0 radical (unpaired) electrons. The standard InChI is InChI=1S/C16H16FN3OS/c1-9(2)22-16-19-14(10(3)15(21)20-16)13(8-18)11-4-6-12(17)7-5-11/h4-7,9,13H,1-3H3,(H,19,20,21). The molecule has 1 aromatic carbocycles. The Morgan fingerprint density at radius 3 is 2.50 bits per heavy atom. The van der Waals surface area contributed by atoms with Gasteiger partial charge in [0.05, 0.1) is 11.8 Å². The van der Waals surface area contributed by atoms with Crippen molar-refractivity contribution in [1.82, 2.24) is 9.97 Å². The molecule has 0 amide bonds. The van der Waals surface area contributed by atoms with Crippen LogP contribution < -0.4 is 5.56 Å². The minimum absolute atomic E-state index is 0.254.